The largest absolute Gasteiger partial charge is 0.502 e. The molecular weight excluding hydrogens is 292 g/mol. The molecule has 0 aromatic heterocycles. The summed E-state index contributed by atoms with van der Waals surface area (Å²) in [5.41, 5.74) is 2.13. The van der Waals surface area contributed by atoms with E-state index in [4.69, 9.17) is 23.8 Å². The van der Waals surface area contributed by atoms with Gasteiger partial charge in [0.1, 0.15) is 0 Å². The third-order valence-electron chi connectivity index (χ3n) is 1.99. The summed E-state index contributed by atoms with van der Waals surface area (Å²) in [7, 11) is 0. The zero-order chi connectivity index (χ0) is 14.4. The zero-order valence-corrected chi connectivity index (χ0v) is 11.5. The number of hydrazone groups is 1. The van der Waals surface area contributed by atoms with E-state index in [-0.39, 0.29) is 10.6 Å². The predicted octanol–water partition coefficient (Wildman–Crippen LogP) is 1.77. The summed E-state index contributed by atoms with van der Waals surface area (Å²) in [5, 5.41) is 27.3. The quantitative estimate of drug-likeness (QED) is 0.339. The van der Waals surface area contributed by atoms with Gasteiger partial charge in [0.2, 0.25) is 5.75 Å². The maximum absolute atomic E-state index is 10.7. The number of aromatic hydroxyl groups is 1. The van der Waals surface area contributed by atoms with Gasteiger partial charge in [-0.25, -0.2) is 0 Å². The fourth-order valence-corrected chi connectivity index (χ4v) is 1.62. The smallest absolute Gasteiger partial charge is 0.312 e. The Balaban J connectivity index is 2.92. The van der Waals surface area contributed by atoms with Crippen molar-refractivity contribution in [1.29, 1.82) is 0 Å². The molecule has 7 nitrogen and oxygen atoms in total. The summed E-state index contributed by atoms with van der Waals surface area (Å²) in [6.45, 7) is 2.50. The molecule has 19 heavy (non-hydrogen) atoms. The molecule has 0 aliphatic heterocycles. The van der Waals surface area contributed by atoms with E-state index in [1.807, 2.05) is 6.92 Å². The van der Waals surface area contributed by atoms with Gasteiger partial charge in [-0.05, 0) is 25.2 Å². The lowest BCUT2D eigenvalue weighted by molar-refractivity contribution is -0.385. The lowest BCUT2D eigenvalue weighted by Crippen LogP contribution is -2.31. The van der Waals surface area contributed by atoms with Crippen molar-refractivity contribution in [3.05, 3.63) is 32.8 Å². The van der Waals surface area contributed by atoms with Crippen LogP contribution in [0.4, 0.5) is 5.69 Å². The van der Waals surface area contributed by atoms with Crippen LogP contribution in [0, 0.1) is 10.1 Å². The van der Waals surface area contributed by atoms with E-state index in [2.05, 4.69) is 15.8 Å². The van der Waals surface area contributed by atoms with E-state index in [9.17, 15) is 15.2 Å². The molecule has 0 heterocycles. The highest BCUT2D eigenvalue weighted by atomic mass is 35.5. The van der Waals surface area contributed by atoms with Crippen molar-refractivity contribution < 1.29 is 10.0 Å². The Morgan fingerprint density at radius 1 is 1.68 bits per heavy atom. The van der Waals surface area contributed by atoms with Crippen molar-refractivity contribution in [3.8, 4) is 5.75 Å². The Bertz CT molecular complexity index is 536. The molecule has 0 amide bonds. The van der Waals surface area contributed by atoms with Gasteiger partial charge in [-0.15, -0.1) is 0 Å². The Labute approximate surface area is 119 Å². The van der Waals surface area contributed by atoms with Crippen molar-refractivity contribution in [2.45, 2.75) is 6.92 Å². The topological polar surface area (TPSA) is 99.8 Å². The minimum atomic E-state index is -0.727. The molecule has 3 N–H and O–H groups in total. The molecule has 1 rings (SSSR count). The summed E-state index contributed by atoms with van der Waals surface area (Å²) in [6.07, 6.45) is 1.19. The molecule has 0 fully saturated rings. The summed E-state index contributed by atoms with van der Waals surface area (Å²) in [6, 6.07) is 2.41. The highest BCUT2D eigenvalue weighted by molar-refractivity contribution is 7.80. The Morgan fingerprint density at radius 3 is 2.95 bits per heavy atom. The molecule has 0 saturated carbocycles. The predicted molar refractivity (Wildman–Crippen MR) is 76.8 cm³/mol. The van der Waals surface area contributed by atoms with Crippen LogP contribution in [0.2, 0.25) is 5.02 Å². The van der Waals surface area contributed by atoms with Gasteiger partial charge in [0.25, 0.3) is 0 Å². The minimum absolute atomic E-state index is 0.117. The summed E-state index contributed by atoms with van der Waals surface area (Å²) < 4.78 is 0. The molecule has 0 saturated heterocycles. The van der Waals surface area contributed by atoms with Crippen molar-refractivity contribution >= 4 is 40.8 Å². The third kappa shape index (κ3) is 4.34. The molecule has 0 bridgehead atoms. The maximum Gasteiger partial charge on any atom is 0.312 e. The molecule has 102 valence electrons. The molecule has 0 aliphatic carbocycles. The van der Waals surface area contributed by atoms with Crippen LogP contribution in [-0.2, 0) is 0 Å². The molecule has 9 heteroatoms. The second-order valence-corrected chi connectivity index (χ2v) is 4.19. The van der Waals surface area contributed by atoms with Crippen LogP contribution in [0.1, 0.15) is 12.5 Å². The molecule has 0 radical (unpaired) electrons. The first-order valence-electron chi connectivity index (χ1n) is 5.19. The van der Waals surface area contributed by atoms with Crippen molar-refractivity contribution in [1.82, 2.24) is 10.7 Å². The van der Waals surface area contributed by atoms with Crippen molar-refractivity contribution in [3.63, 3.8) is 0 Å². The van der Waals surface area contributed by atoms with E-state index in [1.165, 1.54) is 12.3 Å². The van der Waals surface area contributed by atoms with Gasteiger partial charge in [-0.3, -0.25) is 15.5 Å². The van der Waals surface area contributed by atoms with Gasteiger partial charge in [0.15, 0.2) is 5.11 Å². The number of hydrogen-bond acceptors (Lipinski definition) is 5. The molecular formula is C10H11ClN4O3S. The second kappa shape index (κ2) is 6.86. The maximum atomic E-state index is 10.7. The number of nitro benzene ring substituents is 1. The van der Waals surface area contributed by atoms with Gasteiger partial charge in [-0.2, -0.15) is 5.10 Å². The van der Waals surface area contributed by atoms with Gasteiger partial charge >= 0.3 is 5.69 Å². The molecule has 0 aliphatic rings. The zero-order valence-electron chi connectivity index (χ0n) is 9.88. The monoisotopic (exact) mass is 302 g/mol. The highest BCUT2D eigenvalue weighted by Gasteiger charge is 2.17. The average Bonchev–Trinajstić information content (AvgIpc) is 2.33. The lowest BCUT2D eigenvalue weighted by atomic mass is 10.2. The summed E-state index contributed by atoms with van der Waals surface area (Å²) >= 11 is 10.6. The van der Waals surface area contributed by atoms with E-state index in [1.54, 1.807) is 0 Å². The molecule has 0 atom stereocenters. The lowest BCUT2D eigenvalue weighted by Gasteiger charge is -2.04. The molecule has 0 unspecified atom stereocenters. The number of hydrogen-bond donors (Lipinski definition) is 3. The minimum Gasteiger partial charge on any atom is -0.502 e. The van der Waals surface area contributed by atoms with Crippen LogP contribution in [0.5, 0.6) is 5.75 Å². The Hall–Kier alpha value is -1.93. The standard InChI is InChI=1S/C10H11ClN4O3S/c1-2-12-10(19)14-13-5-6-3-7(11)4-8(9(6)16)15(17)18/h3-5,16H,2H2,1H3,(H2,12,14,19)/b13-5-. The number of nitro groups is 1. The highest BCUT2D eigenvalue weighted by Crippen LogP contribution is 2.32. The van der Waals surface area contributed by atoms with E-state index < -0.39 is 16.4 Å². The normalized spacial score (nSPS) is 10.4. The average molecular weight is 303 g/mol. The van der Waals surface area contributed by atoms with Crippen LogP contribution in [0.25, 0.3) is 0 Å². The number of thiocarbonyl (C=S) groups is 1. The Kier molecular flexibility index (Phi) is 5.46. The van der Waals surface area contributed by atoms with Crippen molar-refractivity contribution in [2.24, 2.45) is 5.10 Å². The number of halogens is 1. The van der Waals surface area contributed by atoms with Gasteiger partial charge < -0.3 is 10.4 Å². The summed E-state index contributed by atoms with van der Waals surface area (Å²) in [5.74, 6) is -0.505. The van der Waals surface area contributed by atoms with Crippen LogP contribution >= 0.6 is 23.8 Å². The van der Waals surface area contributed by atoms with Gasteiger partial charge in [0.05, 0.1) is 11.1 Å². The SMILES string of the molecule is CCNC(=S)N/N=C\c1cc(Cl)cc([N+](=O)[O-])c1O. The second-order valence-electron chi connectivity index (χ2n) is 3.35. The first kappa shape index (κ1) is 15.1. The first-order chi connectivity index (χ1) is 8.95. The summed E-state index contributed by atoms with van der Waals surface area (Å²) in [4.78, 5) is 9.96. The van der Waals surface area contributed by atoms with E-state index in [0.29, 0.717) is 11.7 Å². The van der Waals surface area contributed by atoms with E-state index in [0.717, 1.165) is 6.07 Å². The fourth-order valence-electron chi connectivity index (χ4n) is 1.20. The number of phenolic OH excluding ortho intramolecular Hbond substituents is 1. The fraction of sp³-hybridized carbons (Fsp3) is 0.200. The number of nitrogens with one attached hydrogen (secondary N) is 2. The van der Waals surface area contributed by atoms with Crippen LogP contribution in [0.15, 0.2) is 17.2 Å². The number of benzene rings is 1. The first-order valence-corrected chi connectivity index (χ1v) is 5.98. The Morgan fingerprint density at radius 2 is 2.37 bits per heavy atom. The van der Waals surface area contributed by atoms with Crippen LogP contribution in [0.3, 0.4) is 0 Å². The number of nitrogens with zero attached hydrogens (tertiary/aromatic N) is 2. The van der Waals surface area contributed by atoms with Crippen molar-refractivity contribution in [2.75, 3.05) is 6.54 Å². The number of rotatable bonds is 4. The van der Waals surface area contributed by atoms with Gasteiger partial charge in [-0.1, -0.05) is 11.6 Å². The third-order valence-corrected chi connectivity index (χ3v) is 2.44. The molecule has 1 aromatic rings. The van der Waals surface area contributed by atoms with Crippen LogP contribution < -0.4 is 10.7 Å². The van der Waals surface area contributed by atoms with Crippen LogP contribution in [-0.4, -0.2) is 27.9 Å². The van der Waals surface area contributed by atoms with Gasteiger partial charge in [0, 0.05) is 23.2 Å². The molecule has 1 aromatic carbocycles. The van der Waals surface area contributed by atoms with E-state index >= 15 is 0 Å². The number of phenols is 1. The molecule has 0 spiro atoms.